The van der Waals surface area contributed by atoms with Gasteiger partial charge in [-0.2, -0.15) is 18.4 Å². The van der Waals surface area contributed by atoms with Crippen molar-refractivity contribution in [3.8, 4) is 73.1 Å². The van der Waals surface area contributed by atoms with Gasteiger partial charge in [-0.15, -0.1) is 0 Å². The van der Waals surface area contributed by atoms with Crippen LogP contribution in [0, 0.1) is 45.6 Å². The Labute approximate surface area is 426 Å². The van der Waals surface area contributed by atoms with Gasteiger partial charge in [-0.25, -0.2) is 4.85 Å². The van der Waals surface area contributed by atoms with E-state index in [4.69, 9.17) is 6.57 Å². The molecule has 0 aliphatic heterocycles. The molecule has 12 aromatic rings. The van der Waals surface area contributed by atoms with Crippen molar-refractivity contribution in [3.05, 3.63) is 245 Å². The zero-order valence-electron chi connectivity index (χ0n) is 41.0. The van der Waals surface area contributed by atoms with Crippen LogP contribution in [0.25, 0.3) is 115 Å². The second kappa shape index (κ2) is 17.7. The largest absolute Gasteiger partial charge is 0.415 e. The summed E-state index contributed by atoms with van der Waals surface area (Å²) in [5.41, 5.74) is 14.4. The van der Waals surface area contributed by atoms with Crippen LogP contribution in [-0.2, 0) is 6.18 Å². The summed E-state index contributed by atoms with van der Waals surface area (Å²) >= 11 is 0. The van der Waals surface area contributed by atoms with Crippen molar-refractivity contribution < 1.29 is 13.2 Å². The number of halogens is 3. The van der Waals surface area contributed by atoms with Crippen molar-refractivity contribution in [1.29, 1.82) is 5.26 Å². The molecule has 0 amide bonds. The molecule has 0 aliphatic carbocycles. The molecule has 0 spiro atoms. The molecule has 74 heavy (non-hydrogen) atoms. The van der Waals surface area contributed by atoms with Crippen molar-refractivity contribution in [3.63, 3.8) is 0 Å². The van der Waals surface area contributed by atoms with Crippen molar-refractivity contribution >= 4 is 49.3 Å². The molecule has 0 N–H and O–H groups in total. The highest BCUT2D eigenvalue weighted by molar-refractivity contribution is 6.14. The first-order chi connectivity index (χ1) is 35.8. The number of alkyl halides is 3. The Morgan fingerprint density at radius 3 is 1.03 bits per heavy atom. The predicted molar refractivity (Wildman–Crippen MR) is 297 cm³/mol. The summed E-state index contributed by atoms with van der Waals surface area (Å²) in [6, 6.07) is 67.5. The van der Waals surface area contributed by atoms with Crippen LogP contribution in [-0.4, -0.2) is 9.13 Å². The van der Waals surface area contributed by atoms with Crippen LogP contribution < -0.4 is 0 Å². The summed E-state index contributed by atoms with van der Waals surface area (Å²) in [6.07, 6.45) is -4.88. The lowest BCUT2D eigenvalue weighted by molar-refractivity contribution is -0.137. The molecule has 0 saturated carbocycles. The van der Waals surface area contributed by atoms with E-state index in [-0.39, 0.29) is 22.4 Å². The van der Waals surface area contributed by atoms with E-state index in [0.29, 0.717) is 11.4 Å². The van der Waals surface area contributed by atoms with E-state index >= 15 is 13.2 Å². The van der Waals surface area contributed by atoms with Gasteiger partial charge in [0.25, 0.3) is 0 Å². The van der Waals surface area contributed by atoms with Crippen molar-refractivity contribution in [2.75, 3.05) is 0 Å². The summed E-state index contributed by atoms with van der Waals surface area (Å²) in [5, 5.41) is 14.8. The Kier molecular flexibility index (Phi) is 10.9. The molecular formula is C67H45F3N4. The van der Waals surface area contributed by atoms with E-state index in [1.54, 1.807) is 12.1 Å². The molecule has 0 bridgehead atoms. The predicted octanol–water partition coefficient (Wildman–Crippen LogP) is 18.9. The zero-order chi connectivity index (χ0) is 51.0. The van der Waals surface area contributed by atoms with Crippen molar-refractivity contribution in [2.24, 2.45) is 0 Å². The summed E-state index contributed by atoms with van der Waals surface area (Å²) in [4.78, 5) is 3.87. The quantitative estimate of drug-likeness (QED) is 0.147. The fraction of sp³-hybridized carbons (Fsp3) is 0.0746. The molecule has 354 valence electrons. The molecule has 2 aromatic heterocycles. The number of fused-ring (bicyclic) bond motifs is 6. The summed E-state index contributed by atoms with van der Waals surface area (Å²) in [6.45, 7) is 16.8. The van der Waals surface area contributed by atoms with Gasteiger partial charge < -0.3 is 9.13 Å². The molecule has 10 aromatic carbocycles. The molecule has 2 heterocycles. The van der Waals surface area contributed by atoms with E-state index in [0.717, 1.165) is 116 Å². The number of aryl methyl sites for hydroxylation is 4. The van der Waals surface area contributed by atoms with Gasteiger partial charge in [0.2, 0.25) is 0 Å². The second-order valence-corrected chi connectivity index (χ2v) is 19.4. The Hall–Kier alpha value is -9.43. The van der Waals surface area contributed by atoms with Crippen LogP contribution in [0.2, 0.25) is 0 Å². The van der Waals surface area contributed by atoms with Crippen LogP contribution in [0.3, 0.4) is 0 Å². The van der Waals surface area contributed by atoms with Gasteiger partial charge in [-0.3, -0.25) is 0 Å². The standard InChI is InChI=1S/C67H45F3N4/c1-40-11-6-15-45(29-40)49-21-25-53-54-26-22-50(46-16-7-12-41(2)30-46)36-60(54)73(59(53)35-49)63-33-44(39-71)34-64(66(63)65-57(67(68,69)70)19-10-20-58(65)72-5)74-61-37-51(47-17-8-13-42(3)31-47)23-27-55(61)56-28-24-52(38-62(56)74)48-18-9-14-43(4)32-48/h6-38H,1-4H3. The van der Waals surface area contributed by atoms with Gasteiger partial charge in [-0.1, -0.05) is 186 Å². The molecule has 0 aliphatic rings. The topological polar surface area (TPSA) is 38.0 Å². The maximum atomic E-state index is 16.1. The highest BCUT2D eigenvalue weighted by Crippen LogP contribution is 2.50. The van der Waals surface area contributed by atoms with E-state index in [2.05, 4.69) is 132 Å². The fourth-order valence-corrected chi connectivity index (χ4v) is 11.0. The third kappa shape index (κ3) is 7.78. The van der Waals surface area contributed by atoms with Crippen LogP contribution in [0.5, 0.6) is 0 Å². The van der Waals surface area contributed by atoms with Crippen LogP contribution in [0.1, 0.15) is 33.4 Å². The SMILES string of the molecule is [C-]#[N+]c1cccc(C(F)(F)F)c1-c1c(-n2c3cc(-c4cccc(C)c4)ccc3c3ccc(-c4cccc(C)c4)cc32)cc(C#N)cc1-n1c2cc(-c3cccc(C)c3)ccc2c2ccc(-c3cccc(C)c3)cc21. The summed E-state index contributed by atoms with van der Waals surface area (Å²) in [7, 11) is 0. The number of rotatable bonds is 7. The average Bonchev–Trinajstić information content (AvgIpc) is 3.92. The van der Waals surface area contributed by atoms with Gasteiger partial charge in [0.15, 0.2) is 5.69 Å². The van der Waals surface area contributed by atoms with Crippen LogP contribution in [0.15, 0.2) is 200 Å². The third-order valence-corrected chi connectivity index (χ3v) is 14.4. The van der Waals surface area contributed by atoms with Gasteiger partial charge in [0.1, 0.15) is 0 Å². The van der Waals surface area contributed by atoms with Crippen LogP contribution in [0.4, 0.5) is 18.9 Å². The first-order valence-corrected chi connectivity index (χ1v) is 24.5. The van der Waals surface area contributed by atoms with Gasteiger partial charge in [-0.05, 0) is 109 Å². The van der Waals surface area contributed by atoms with E-state index in [1.807, 2.05) is 85.4 Å². The highest BCUT2D eigenvalue weighted by atomic mass is 19.4. The lowest BCUT2D eigenvalue weighted by Gasteiger charge is -2.24. The van der Waals surface area contributed by atoms with E-state index in [9.17, 15) is 5.26 Å². The van der Waals surface area contributed by atoms with Crippen molar-refractivity contribution in [2.45, 2.75) is 33.9 Å². The monoisotopic (exact) mass is 962 g/mol. The molecular weight excluding hydrogens is 918 g/mol. The molecule has 7 heteroatoms. The molecule has 12 rings (SSSR count). The Bertz CT molecular complexity index is 3940. The molecule has 0 fully saturated rings. The average molecular weight is 963 g/mol. The maximum absolute atomic E-state index is 16.1. The number of hydrogen-bond acceptors (Lipinski definition) is 1. The molecule has 0 unspecified atom stereocenters. The number of nitriles is 1. The number of aromatic nitrogens is 2. The smallest absolute Gasteiger partial charge is 0.309 e. The van der Waals surface area contributed by atoms with Crippen LogP contribution >= 0.6 is 0 Å². The minimum atomic E-state index is -4.88. The van der Waals surface area contributed by atoms with E-state index in [1.165, 1.54) is 12.1 Å². The maximum Gasteiger partial charge on any atom is 0.415 e. The van der Waals surface area contributed by atoms with Crippen molar-refractivity contribution in [1.82, 2.24) is 9.13 Å². The fourth-order valence-electron chi connectivity index (χ4n) is 11.0. The highest BCUT2D eigenvalue weighted by Gasteiger charge is 2.37. The third-order valence-electron chi connectivity index (χ3n) is 14.4. The summed E-state index contributed by atoms with van der Waals surface area (Å²) in [5.74, 6) is 0. The Morgan fingerprint density at radius 1 is 0.405 bits per heavy atom. The van der Waals surface area contributed by atoms with Gasteiger partial charge >= 0.3 is 6.18 Å². The van der Waals surface area contributed by atoms with E-state index < -0.39 is 11.7 Å². The number of hydrogen-bond donors (Lipinski definition) is 0. The second-order valence-electron chi connectivity index (χ2n) is 19.4. The Morgan fingerprint density at radius 2 is 0.730 bits per heavy atom. The lowest BCUT2D eigenvalue weighted by Crippen LogP contribution is -2.11. The normalized spacial score (nSPS) is 11.7. The van der Waals surface area contributed by atoms with Gasteiger partial charge in [0, 0.05) is 32.7 Å². The summed E-state index contributed by atoms with van der Waals surface area (Å²) < 4.78 is 52.3. The number of benzene rings is 10. The van der Waals surface area contributed by atoms with Gasteiger partial charge in [0.05, 0.1) is 57.2 Å². The lowest BCUT2D eigenvalue weighted by atomic mass is 9.92. The minimum absolute atomic E-state index is 0.157. The molecule has 0 radical (unpaired) electrons. The Balaban J connectivity index is 1.30. The number of nitrogens with zero attached hydrogens (tertiary/aromatic N) is 4. The first kappa shape index (κ1) is 45.7. The zero-order valence-corrected chi connectivity index (χ0v) is 41.0. The molecule has 0 saturated heterocycles. The molecule has 0 atom stereocenters. The minimum Gasteiger partial charge on any atom is -0.309 e. The molecule has 4 nitrogen and oxygen atoms in total. The first-order valence-electron chi connectivity index (χ1n) is 24.5.